The number of nitrogens with one attached hydrogen (secondary N) is 1. The van der Waals surface area contributed by atoms with E-state index in [-0.39, 0.29) is 5.91 Å². The van der Waals surface area contributed by atoms with Crippen LogP contribution in [0.4, 0.5) is 5.69 Å². The van der Waals surface area contributed by atoms with Crippen molar-refractivity contribution in [3.63, 3.8) is 0 Å². The van der Waals surface area contributed by atoms with E-state index in [2.05, 4.69) is 51.5 Å². The number of amides is 1. The molecule has 0 atom stereocenters. The van der Waals surface area contributed by atoms with Crippen molar-refractivity contribution in [3.8, 4) is 0 Å². The van der Waals surface area contributed by atoms with Crippen molar-refractivity contribution in [2.45, 2.75) is 13.0 Å². The molecule has 1 saturated heterocycles. The summed E-state index contributed by atoms with van der Waals surface area (Å²) in [5.41, 5.74) is 4.74. The number of carbonyl (C=O) groups is 1. The topological polar surface area (TPSA) is 44.8 Å². The number of carbonyl (C=O) groups excluding carboxylic acids is 1. The Kier molecular flexibility index (Phi) is 5.70. The second kappa shape index (κ2) is 8.55. The Morgan fingerprint density at radius 3 is 2.48 bits per heavy atom. The molecule has 5 nitrogen and oxygen atoms in total. The highest BCUT2D eigenvalue weighted by atomic mass is 16.5. The summed E-state index contributed by atoms with van der Waals surface area (Å²) in [7, 11) is 0. The minimum atomic E-state index is -0.00111. The molecule has 2 aromatic carbocycles. The molecule has 0 aliphatic carbocycles. The molecular formula is C22H27N3O2. The second-order valence-electron chi connectivity index (χ2n) is 7.20. The third kappa shape index (κ3) is 4.49. The number of hydrogen-bond acceptors (Lipinski definition) is 4. The fraction of sp³-hybridized carbons (Fsp3) is 0.409. The summed E-state index contributed by atoms with van der Waals surface area (Å²) < 4.78 is 5.34. The van der Waals surface area contributed by atoms with Crippen LogP contribution >= 0.6 is 0 Å². The predicted octanol–water partition coefficient (Wildman–Crippen LogP) is 2.31. The SMILES string of the molecule is O=C(NCCN1CCOCC1)c1ccc(N2CCc3ccccc3C2)cc1. The smallest absolute Gasteiger partial charge is 0.251 e. The summed E-state index contributed by atoms with van der Waals surface area (Å²) in [6.07, 6.45) is 1.07. The standard InChI is InChI=1S/C22H27N3O2/c26-22(23-10-12-24-13-15-27-16-14-24)19-5-7-21(8-6-19)25-11-9-18-3-1-2-4-20(18)17-25/h1-8H,9-17H2,(H,23,26). The molecule has 1 N–H and O–H groups in total. The number of benzene rings is 2. The van der Waals surface area contributed by atoms with Gasteiger partial charge in [-0.1, -0.05) is 24.3 Å². The molecule has 0 radical (unpaired) electrons. The number of anilines is 1. The lowest BCUT2D eigenvalue weighted by atomic mass is 9.99. The van der Waals surface area contributed by atoms with Gasteiger partial charge in [0, 0.05) is 50.5 Å². The van der Waals surface area contributed by atoms with Crippen LogP contribution in [0, 0.1) is 0 Å². The van der Waals surface area contributed by atoms with Gasteiger partial charge < -0.3 is 15.0 Å². The molecule has 1 amide bonds. The van der Waals surface area contributed by atoms with Crippen LogP contribution in [-0.4, -0.2) is 56.7 Å². The first kappa shape index (κ1) is 18.0. The molecule has 0 bridgehead atoms. The molecule has 2 heterocycles. The first-order valence-electron chi connectivity index (χ1n) is 9.80. The third-order valence-electron chi connectivity index (χ3n) is 5.44. The quantitative estimate of drug-likeness (QED) is 0.883. The highest BCUT2D eigenvalue weighted by Crippen LogP contribution is 2.24. The Labute approximate surface area is 160 Å². The fourth-order valence-electron chi connectivity index (χ4n) is 3.79. The highest BCUT2D eigenvalue weighted by molar-refractivity contribution is 5.94. The van der Waals surface area contributed by atoms with Crippen LogP contribution in [0.1, 0.15) is 21.5 Å². The highest BCUT2D eigenvalue weighted by Gasteiger charge is 2.16. The van der Waals surface area contributed by atoms with Crippen molar-refractivity contribution in [3.05, 3.63) is 65.2 Å². The molecule has 0 spiro atoms. The van der Waals surface area contributed by atoms with Crippen LogP contribution < -0.4 is 10.2 Å². The van der Waals surface area contributed by atoms with Crippen molar-refractivity contribution in [2.24, 2.45) is 0 Å². The van der Waals surface area contributed by atoms with Crippen molar-refractivity contribution in [2.75, 3.05) is 50.8 Å². The molecule has 4 rings (SSSR count). The van der Waals surface area contributed by atoms with E-state index >= 15 is 0 Å². The van der Waals surface area contributed by atoms with Gasteiger partial charge in [0.05, 0.1) is 13.2 Å². The summed E-state index contributed by atoms with van der Waals surface area (Å²) in [5.74, 6) is -0.00111. The summed E-state index contributed by atoms with van der Waals surface area (Å²) >= 11 is 0. The number of morpholine rings is 1. The van der Waals surface area contributed by atoms with Crippen LogP contribution in [0.5, 0.6) is 0 Å². The van der Waals surface area contributed by atoms with Crippen LogP contribution in [0.25, 0.3) is 0 Å². The molecule has 1 fully saturated rings. The van der Waals surface area contributed by atoms with Gasteiger partial charge in [0.15, 0.2) is 0 Å². The van der Waals surface area contributed by atoms with Gasteiger partial charge in [0.2, 0.25) is 0 Å². The van der Waals surface area contributed by atoms with Gasteiger partial charge in [-0.2, -0.15) is 0 Å². The normalized spacial score (nSPS) is 17.4. The summed E-state index contributed by atoms with van der Waals surface area (Å²) in [6.45, 7) is 6.97. The van der Waals surface area contributed by atoms with Crippen LogP contribution in [0.2, 0.25) is 0 Å². The lowest BCUT2D eigenvalue weighted by Gasteiger charge is -2.30. The molecule has 2 aliphatic rings. The second-order valence-corrected chi connectivity index (χ2v) is 7.20. The maximum atomic E-state index is 12.4. The van der Waals surface area contributed by atoms with Crippen molar-refractivity contribution < 1.29 is 9.53 Å². The Morgan fingerprint density at radius 1 is 0.963 bits per heavy atom. The number of rotatable bonds is 5. The summed E-state index contributed by atoms with van der Waals surface area (Å²) in [5, 5.41) is 3.02. The maximum Gasteiger partial charge on any atom is 0.251 e. The first-order valence-corrected chi connectivity index (χ1v) is 9.80. The van der Waals surface area contributed by atoms with Crippen LogP contribution in [-0.2, 0) is 17.7 Å². The molecule has 5 heteroatoms. The van der Waals surface area contributed by atoms with E-state index in [0.29, 0.717) is 6.54 Å². The lowest BCUT2D eigenvalue weighted by Crippen LogP contribution is -2.41. The third-order valence-corrected chi connectivity index (χ3v) is 5.44. The number of nitrogens with zero attached hydrogens (tertiary/aromatic N) is 2. The molecule has 2 aromatic rings. The van der Waals surface area contributed by atoms with E-state index in [1.54, 1.807) is 0 Å². The molecule has 2 aliphatic heterocycles. The Bertz CT molecular complexity index is 769. The van der Waals surface area contributed by atoms with Gasteiger partial charge in [-0.3, -0.25) is 9.69 Å². The van der Waals surface area contributed by atoms with Gasteiger partial charge in [-0.05, 0) is 41.8 Å². The fourth-order valence-corrected chi connectivity index (χ4v) is 3.79. The van der Waals surface area contributed by atoms with Crippen LogP contribution in [0.15, 0.2) is 48.5 Å². The van der Waals surface area contributed by atoms with Crippen molar-refractivity contribution in [1.82, 2.24) is 10.2 Å². The van der Waals surface area contributed by atoms with E-state index in [1.807, 2.05) is 12.1 Å². The molecule has 0 unspecified atom stereocenters. The summed E-state index contributed by atoms with van der Waals surface area (Å²) in [6, 6.07) is 16.6. The van der Waals surface area contributed by atoms with Crippen LogP contribution in [0.3, 0.4) is 0 Å². The van der Waals surface area contributed by atoms with E-state index in [9.17, 15) is 4.79 Å². The van der Waals surface area contributed by atoms with E-state index < -0.39 is 0 Å². The van der Waals surface area contributed by atoms with Gasteiger partial charge >= 0.3 is 0 Å². The molecular weight excluding hydrogens is 338 g/mol. The Hall–Kier alpha value is -2.37. The van der Waals surface area contributed by atoms with Crippen molar-refractivity contribution >= 4 is 11.6 Å². The van der Waals surface area contributed by atoms with Gasteiger partial charge in [0.25, 0.3) is 5.91 Å². The zero-order chi connectivity index (χ0) is 18.5. The first-order chi connectivity index (χ1) is 13.3. The number of ether oxygens (including phenoxy) is 1. The minimum Gasteiger partial charge on any atom is -0.379 e. The lowest BCUT2D eigenvalue weighted by molar-refractivity contribution is 0.0383. The zero-order valence-electron chi connectivity index (χ0n) is 15.7. The van der Waals surface area contributed by atoms with Crippen molar-refractivity contribution in [1.29, 1.82) is 0 Å². The van der Waals surface area contributed by atoms with Gasteiger partial charge in [0.1, 0.15) is 0 Å². The van der Waals surface area contributed by atoms with E-state index in [4.69, 9.17) is 4.74 Å². The van der Waals surface area contributed by atoms with Gasteiger partial charge in [-0.15, -0.1) is 0 Å². The minimum absolute atomic E-state index is 0.00111. The largest absolute Gasteiger partial charge is 0.379 e. The molecule has 27 heavy (non-hydrogen) atoms. The number of fused-ring (bicyclic) bond motifs is 1. The maximum absolute atomic E-state index is 12.4. The monoisotopic (exact) mass is 365 g/mol. The Morgan fingerprint density at radius 2 is 1.70 bits per heavy atom. The number of hydrogen-bond donors (Lipinski definition) is 1. The molecule has 0 saturated carbocycles. The predicted molar refractivity (Wildman–Crippen MR) is 107 cm³/mol. The van der Waals surface area contributed by atoms with Gasteiger partial charge in [-0.25, -0.2) is 0 Å². The summed E-state index contributed by atoms with van der Waals surface area (Å²) in [4.78, 5) is 17.1. The average Bonchev–Trinajstić information content (AvgIpc) is 2.74. The Balaban J connectivity index is 1.30. The van der Waals surface area contributed by atoms with E-state index in [1.165, 1.54) is 16.8 Å². The average molecular weight is 365 g/mol. The molecule has 0 aromatic heterocycles. The molecule has 142 valence electrons. The van der Waals surface area contributed by atoms with E-state index in [0.717, 1.165) is 57.9 Å². The zero-order valence-corrected chi connectivity index (χ0v) is 15.7.